The molecule has 3 amide bonds. The van der Waals surface area contributed by atoms with Crippen molar-refractivity contribution in [2.45, 2.75) is 13.2 Å². The molecule has 1 aliphatic heterocycles. The largest absolute Gasteiger partial charge is 0.452 e. The van der Waals surface area contributed by atoms with Gasteiger partial charge in [0.2, 0.25) is 0 Å². The van der Waals surface area contributed by atoms with Crippen molar-refractivity contribution in [3.63, 3.8) is 0 Å². The van der Waals surface area contributed by atoms with Crippen LogP contribution in [0.15, 0.2) is 42.7 Å². The van der Waals surface area contributed by atoms with E-state index in [4.69, 9.17) is 4.74 Å². The molecule has 0 fully saturated rings. The molecule has 0 radical (unpaired) electrons. The van der Waals surface area contributed by atoms with E-state index in [-0.39, 0.29) is 6.03 Å². The predicted octanol–water partition coefficient (Wildman–Crippen LogP) is 2.35. The Balaban J connectivity index is 1.94. The fraction of sp³-hybridized carbons (Fsp3) is 0.235. The van der Waals surface area contributed by atoms with Gasteiger partial charge >= 0.3 is 12.1 Å². The van der Waals surface area contributed by atoms with E-state index in [1.807, 2.05) is 37.3 Å². The third kappa shape index (κ3) is 3.32. The molecule has 2 heterocycles. The number of carbonyl (C=O) groups excluding carboxylic acids is 2. The van der Waals surface area contributed by atoms with Crippen molar-refractivity contribution in [1.82, 2.24) is 15.6 Å². The smallest absolute Gasteiger partial charge is 0.417 e. The van der Waals surface area contributed by atoms with Crippen LogP contribution in [-0.2, 0) is 4.74 Å². The fourth-order valence-electron chi connectivity index (χ4n) is 2.66. The molecule has 3 N–H and O–H groups in total. The molecule has 0 aliphatic carbocycles. The summed E-state index contributed by atoms with van der Waals surface area (Å²) in [4.78, 5) is 29.6. The second-order valence-electron chi connectivity index (χ2n) is 5.36. The van der Waals surface area contributed by atoms with Gasteiger partial charge in [0, 0.05) is 24.5 Å². The van der Waals surface area contributed by atoms with E-state index in [1.165, 1.54) is 12.0 Å². The van der Waals surface area contributed by atoms with Crippen molar-refractivity contribution in [1.29, 1.82) is 0 Å². The van der Waals surface area contributed by atoms with E-state index >= 15 is 0 Å². The van der Waals surface area contributed by atoms with E-state index in [9.17, 15) is 9.59 Å². The van der Waals surface area contributed by atoms with Crippen LogP contribution >= 0.6 is 0 Å². The van der Waals surface area contributed by atoms with Crippen molar-refractivity contribution in [3.05, 3.63) is 42.7 Å². The number of carbonyl (C=O) groups is 2. The number of anilines is 2. The summed E-state index contributed by atoms with van der Waals surface area (Å²) in [6, 6.07) is 9.03. The van der Waals surface area contributed by atoms with Gasteiger partial charge in [0.25, 0.3) is 0 Å². The molecule has 1 aromatic carbocycles. The number of nitrogens with zero attached hydrogens (tertiary/aromatic N) is 2. The van der Waals surface area contributed by atoms with Gasteiger partial charge in [0.1, 0.15) is 0 Å². The predicted molar refractivity (Wildman–Crippen MR) is 94.2 cm³/mol. The number of nitrogens with one attached hydrogen (secondary N) is 3. The summed E-state index contributed by atoms with van der Waals surface area (Å²) in [5, 5.41) is 8.44. The SMILES string of the molecule is CCNC(=O)N[C@H]1Nc2ccc(-c3cccnc3)cc2N1C(=O)OC. The summed E-state index contributed by atoms with van der Waals surface area (Å²) < 4.78 is 4.87. The first-order chi connectivity index (χ1) is 12.1. The zero-order valence-corrected chi connectivity index (χ0v) is 13.9. The highest BCUT2D eigenvalue weighted by atomic mass is 16.5. The van der Waals surface area contributed by atoms with Crippen LogP contribution in [0.5, 0.6) is 0 Å². The number of hydrogen-bond donors (Lipinski definition) is 3. The Hall–Kier alpha value is -3.29. The van der Waals surface area contributed by atoms with Gasteiger partial charge in [0.15, 0.2) is 6.29 Å². The molecule has 2 aromatic rings. The Morgan fingerprint density at radius 2 is 2.16 bits per heavy atom. The maximum Gasteiger partial charge on any atom is 0.417 e. The first kappa shape index (κ1) is 16.6. The van der Waals surface area contributed by atoms with Crippen LogP contribution in [0.25, 0.3) is 11.1 Å². The van der Waals surface area contributed by atoms with E-state index in [0.717, 1.165) is 16.8 Å². The first-order valence-corrected chi connectivity index (χ1v) is 7.86. The second kappa shape index (κ2) is 7.08. The van der Waals surface area contributed by atoms with Crippen LogP contribution in [0.1, 0.15) is 6.92 Å². The number of ether oxygens (including phenoxy) is 1. The standard InChI is InChI=1S/C17H19N5O3/c1-3-19-16(23)21-15-20-13-7-6-11(12-5-4-8-18-10-12)9-14(13)22(15)17(24)25-2/h4-10,15,20H,3H2,1-2H3,(H2,19,21,23)/t15-/m1/s1. The molecule has 0 saturated heterocycles. The van der Waals surface area contributed by atoms with Crippen LogP contribution in [-0.4, -0.2) is 37.1 Å². The zero-order chi connectivity index (χ0) is 17.8. The highest BCUT2D eigenvalue weighted by Gasteiger charge is 2.35. The van der Waals surface area contributed by atoms with Crippen LogP contribution in [0, 0.1) is 0 Å². The van der Waals surface area contributed by atoms with Crippen molar-refractivity contribution >= 4 is 23.5 Å². The molecule has 1 atom stereocenters. The zero-order valence-electron chi connectivity index (χ0n) is 13.9. The number of hydrogen-bond acceptors (Lipinski definition) is 5. The average molecular weight is 341 g/mol. The van der Waals surface area contributed by atoms with Gasteiger partial charge in [-0.05, 0) is 30.7 Å². The van der Waals surface area contributed by atoms with E-state index < -0.39 is 12.4 Å². The number of pyridine rings is 1. The lowest BCUT2D eigenvalue weighted by Gasteiger charge is -2.24. The summed E-state index contributed by atoms with van der Waals surface area (Å²) >= 11 is 0. The Kier molecular flexibility index (Phi) is 4.69. The lowest BCUT2D eigenvalue weighted by Crippen LogP contribution is -2.54. The van der Waals surface area contributed by atoms with Gasteiger partial charge in [-0.3, -0.25) is 4.98 Å². The van der Waals surface area contributed by atoms with Crippen molar-refractivity contribution in [2.75, 3.05) is 23.9 Å². The fourth-order valence-corrected chi connectivity index (χ4v) is 2.66. The van der Waals surface area contributed by atoms with Gasteiger partial charge in [0.05, 0.1) is 18.5 Å². The molecule has 3 rings (SSSR count). The topological polar surface area (TPSA) is 95.6 Å². The molecule has 8 heteroatoms. The van der Waals surface area contributed by atoms with Gasteiger partial charge in [-0.1, -0.05) is 12.1 Å². The van der Waals surface area contributed by atoms with Crippen molar-refractivity contribution in [3.8, 4) is 11.1 Å². The third-order valence-electron chi connectivity index (χ3n) is 3.78. The second-order valence-corrected chi connectivity index (χ2v) is 5.36. The molecule has 0 spiro atoms. The number of amides is 3. The van der Waals surface area contributed by atoms with Gasteiger partial charge in [-0.2, -0.15) is 0 Å². The Bertz CT molecular complexity index is 781. The van der Waals surface area contributed by atoms with Gasteiger partial charge in [-0.25, -0.2) is 14.5 Å². The molecule has 130 valence electrons. The normalized spacial score (nSPS) is 15.1. The Labute approximate surface area is 145 Å². The number of methoxy groups -OCH3 is 1. The summed E-state index contributed by atoms with van der Waals surface area (Å²) in [5.74, 6) is 0. The van der Waals surface area contributed by atoms with Crippen molar-refractivity contribution in [2.24, 2.45) is 0 Å². The minimum Gasteiger partial charge on any atom is -0.452 e. The van der Waals surface area contributed by atoms with Crippen molar-refractivity contribution < 1.29 is 14.3 Å². The average Bonchev–Trinajstić information content (AvgIpc) is 2.98. The maximum atomic E-state index is 12.3. The van der Waals surface area contributed by atoms with Gasteiger partial charge in [-0.15, -0.1) is 0 Å². The molecule has 1 aliphatic rings. The number of benzene rings is 1. The molecule has 1 aromatic heterocycles. The van der Waals surface area contributed by atoms with Crippen LogP contribution in [0.2, 0.25) is 0 Å². The first-order valence-electron chi connectivity index (χ1n) is 7.86. The maximum absolute atomic E-state index is 12.3. The van der Waals surface area contributed by atoms with Crippen LogP contribution in [0.3, 0.4) is 0 Å². The minimum atomic E-state index is -0.738. The van der Waals surface area contributed by atoms with E-state index in [0.29, 0.717) is 12.2 Å². The molecule has 0 bridgehead atoms. The summed E-state index contributed by atoms with van der Waals surface area (Å²) in [5.41, 5.74) is 3.17. The molecule has 0 saturated carbocycles. The number of fused-ring (bicyclic) bond motifs is 1. The Morgan fingerprint density at radius 1 is 1.32 bits per heavy atom. The molecule has 8 nitrogen and oxygen atoms in total. The highest BCUT2D eigenvalue weighted by Crippen LogP contribution is 2.37. The molecular formula is C17H19N5O3. The van der Waals surface area contributed by atoms with Gasteiger partial charge < -0.3 is 20.7 Å². The highest BCUT2D eigenvalue weighted by molar-refractivity contribution is 5.98. The van der Waals surface area contributed by atoms with E-state index in [2.05, 4.69) is 20.9 Å². The summed E-state index contributed by atoms with van der Waals surface area (Å²) in [6.45, 7) is 2.30. The monoisotopic (exact) mass is 341 g/mol. The summed E-state index contributed by atoms with van der Waals surface area (Å²) in [6.07, 6.45) is 2.14. The third-order valence-corrected chi connectivity index (χ3v) is 3.78. The molecule has 25 heavy (non-hydrogen) atoms. The number of aromatic nitrogens is 1. The lowest BCUT2D eigenvalue weighted by molar-refractivity contribution is 0.176. The van der Waals surface area contributed by atoms with Crippen LogP contribution in [0.4, 0.5) is 21.0 Å². The number of rotatable bonds is 3. The molecular weight excluding hydrogens is 322 g/mol. The number of urea groups is 1. The molecule has 0 unspecified atom stereocenters. The Morgan fingerprint density at radius 3 is 2.84 bits per heavy atom. The van der Waals surface area contributed by atoms with E-state index in [1.54, 1.807) is 12.4 Å². The van der Waals surface area contributed by atoms with Crippen LogP contribution < -0.4 is 20.9 Å². The summed E-state index contributed by atoms with van der Waals surface area (Å²) in [7, 11) is 1.30. The quantitative estimate of drug-likeness (QED) is 0.796. The lowest BCUT2D eigenvalue weighted by atomic mass is 10.1. The minimum absolute atomic E-state index is 0.380.